The number of nitrogens with zero attached hydrogens (tertiary/aromatic N) is 1. The summed E-state index contributed by atoms with van der Waals surface area (Å²) in [4.78, 5) is 16.9. The Hall–Kier alpha value is -0.640. The number of Topliss-reactive ketones (excluding diaryl/α,β-unsaturated/α-hetero) is 1. The van der Waals surface area contributed by atoms with Crippen molar-refractivity contribution in [3.8, 4) is 0 Å². The molecule has 0 aliphatic carbocycles. The van der Waals surface area contributed by atoms with Gasteiger partial charge in [0.05, 0.1) is 5.02 Å². The number of aromatic nitrogens is 1. The van der Waals surface area contributed by atoms with Crippen LogP contribution in [0.3, 0.4) is 0 Å². The zero-order chi connectivity index (χ0) is 14.0. The first-order chi connectivity index (χ1) is 8.94. The second-order valence-electron chi connectivity index (χ2n) is 5.60. The molecule has 1 N–H and O–H groups in total. The van der Waals surface area contributed by atoms with Crippen molar-refractivity contribution in [3.63, 3.8) is 0 Å². The average molecular weight is 301 g/mol. The van der Waals surface area contributed by atoms with E-state index < -0.39 is 0 Å². The van der Waals surface area contributed by atoms with Crippen LogP contribution in [0.15, 0.2) is 12.1 Å². The quantitative estimate of drug-likeness (QED) is 0.682. The lowest BCUT2D eigenvalue weighted by molar-refractivity contribution is 0.0776. The van der Waals surface area contributed by atoms with E-state index in [-0.39, 0.29) is 16.4 Å². The Bertz CT molecular complexity index is 482. The first kappa shape index (κ1) is 14.8. The number of carbonyl (C=O) groups excluding carboxylic acids is 1. The van der Waals surface area contributed by atoms with Crippen LogP contribution in [-0.2, 0) is 0 Å². The van der Waals surface area contributed by atoms with Crippen LogP contribution in [0.25, 0.3) is 0 Å². The molecule has 0 saturated carbocycles. The molecule has 1 unspecified atom stereocenters. The smallest absolute Gasteiger partial charge is 0.188 e. The van der Waals surface area contributed by atoms with E-state index in [1.165, 1.54) is 0 Å². The van der Waals surface area contributed by atoms with Crippen molar-refractivity contribution in [2.75, 3.05) is 13.1 Å². The summed E-state index contributed by atoms with van der Waals surface area (Å²) in [5.41, 5.74) is 0.0666. The van der Waals surface area contributed by atoms with Gasteiger partial charge in [-0.05, 0) is 37.4 Å². The first-order valence-electron chi connectivity index (χ1n) is 6.52. The van der Waals surface area contributed by atoms with Gasteiger partial charge in [0.25, 0.3) is 0 Å². The van der Waals surface area contributed by atoms with Gasteiger partial charge in [0.15, 0.2) is 5.78 Å². The number of halogens is 2. The Kier molecular flexibility index (Phi) is 4.49. The molecule has 0 amide bonds. The predicted octanol–water partition coefficient (Wildman–Crippen LogP) is 3.60. The van der Waals surface area contributed by atoms with Gasteiger partial charge in [-0.1, -0.05) is 37.0 Å². The fourth-order valence-corrected chi connectivity index (χ4v) is 3.06. The van der Waals surface area contributed by atoms with E-state index in [1.807, 2.05) is 0 Å². The fraction of sp³-hybridized carbons (Fsp3) is 0.571. The van der Waals surface area contributed by atoms with Gasteiger partial charge in [-0.3, -0.25) is 4.79 Å². The third-order valence-electron chi connectivity index (χ3n) is 3.56. The van der Waals surface area contributed by atoms with Gasteiger partial charge in [-0.15, -0.1) is 0 Å². The van der Waals surface area contributed by atoms with Crippen molar-refractivity contribution in [1.82, 2.24) is 10.3 Å². The summed E-state index contributed by atoms with van der Waals surface area (Å²) in [7, 11) is 0. The van der Waals surface area contributed by atoms with Crippen LogP contribution in [0.4, 0.5) is 0 Å². The van der Waals surface area contributed by atoms with Crippen molar-refractivity contribution < 1.29 is 4.79 Å². The molecule has 5 heteroatoms. The molecule has 0 bridgehead atoms. The number of nitrogens with one attached hydrogen (secondary N) is 1. The van der Waals surface area contributed by atoms with Crippen LogP contribution in [-0.4, -0.2) is 23.9 Å². The van der Waals surface area contributed by atoms with Gasteiger partial charge in [-0.25, -0.2) is 4.98 Å². The van der Waals surface area contributed by atoms with Gasteiger partial charge in [0.1, 0.15) is 10.8 Å². The van der Waals surface area contributed by atoms with E-state index in [4.69, 9.17) is 23.2 Å². The van der Waals surface area contributed by atoms with E-state index in [0.717, 1.165) is 19.4 Å². The topological polar surface area (TPSA) is 42.0 Å². The number of carbonyl (C=O) groups is 1. The molecule has 0 spiro atoms. The zero-order valence-electron chi connectivity index (χ0n) is 11.2. The lowest BCUT2D eigenvalue weighted by Gasteiger charge is -2.28. The van der Waals surface area contributed by atoms with E-state index in [1.54, 1.807) is 12.1 Å². The number of pyridine rings is 1. The molecule has 104 valence electrons. The van der Waals surface area contributed by atoms with Gasteiger partial charge < -0.3 is 5.32 Å². The van der Waals surface area contributed by atoms with E-state index in [2.05, 4.69) is 24.1 Å². The Labute approximate surface area is 123 Å². The highest BCUT2D eigenvalue weighted by Crippen LogP contribution is 2.36. The summed E-state index contributed by atoms with van der Waals surface area (Å²) < 4.78 is 0. The molecular formula is C14H18Cl2N2O. The summed E-state index contributed by atoms with van der Waals surface area (Å²) in [6, 6.07) is 3.30. The second-order valence-corrected chi connectivity index (χ2v) is 6.37. The number of hydrogen-bond acceptors (Lipinski definition) is 3. The molecule has 0 aromatic carbocycles. The number of hydrogen-bond donors (Lipinski definition) is 1. The van der Waals surface area contributed by atoms with Crippen LogP contribution in [0.5, 0.6) is 0 Å². The average Bonchev–Trinajstić information content (AvgIpc) is 2.80. The van der Waals surface area contributed by atoms with Crippen LogP contribution in [0, 0.1) is 11.3 Å². The van der Waals surface area contributed by atoms with Crippen molar-refractivity contribution in [3.05, 3.63) is 28.0 Å². The van der Waals surface area contributed by atoms with Crippen molar-refractivity contribution in [2.24, 2.45) is 11.3 Å². The predicted molar refractivity (Wildman–Crippen MR) is 78.0 cm³/mol. The van der Waals surface area contributed by atoms with Crippen molar-refractivity contribution in [1.29, 1.82) is 0 Å². The standard InChI is InChI=1S/C14H18Cl2N2O/c1-9(2)7-14(5-6-17-8-14)12(19)11-4-3-10(15)13(16)18-11/h3-4,9,17H,5-8H2,1-2H3. The van der Waals surface area contributed by atoms with Gasteiger partial charge in [-0.2, -0.15) is 0 Å². The molecule has 19 heavy (non-hydrogen) atoms. The molecule has 1 saturated heterocycles. The summed E-state index contributed by atoms with van der Waals surface area (Å²) in [6.07, 6.45) is 1.71. The van der Waals surface area contributed by atoms with E-state index >= 15 is 0 Å². The van der Waals surface area contributed by atoms with Crippen LogP contribution in [0.1, 0.15) is 37.2 Å². The maximum absolute atomic E-state index is 12.8. The highest BCUT2D eigenvalue weighted by atomic mass is 35.5. The monoisotopic (exact) mass is 300 g/mol. The van der Waals surface area contributed by atoms with Crippen molar-refractivity contribution >= 4 is 29.0 Å². The minimum atomic E-state index is -0.349. The molecule has 2 rings (SSSR count). The second kappa shape index (κ2) is 5.78. The van der Waals surface area contributed by atoms with Gasteiger partial charge >= 0.3 is 0 Å². The zero-order valence-corrected chi connectivity index (χ0v) is 12.7. The molecule has 3 nitrogen and oxygen atoms in total. The van der Waals surface area contributed by atoms with E-state index in [9.17, 15) is 4.79 Å². The molecule has 0 radical (unpaired) electrons. The number of rotatable bonds is 4. The highest BCUT2D eigenvalue weighted by molar-refractivity contribution is 6.41. The van der Waals surface area contributed by atoms with E-state index in [0.29, 0.717) is 23.2 Å². The molecule has 1 aliphatic rings. The van der Waals surface area contributed by atoms with Crippen LogP contribution in [0.2, 0.25) is 10.2 Å². The molecule has 1 atom stereocenters. The minimum absolute atomic E-state index is 0.0739. The SMILES string of the molecule is CC(C)CC1(C(=O)c2ccc(Cl)c(Cl)n2)CCNC1. The largest absolute Gasteiger partial charge is 0.316 e. The maximum Gasteiger partial charge on any atom is 0.188 e. The molecule has 1 fully saturated rings. The Morgan fingerprint density at radius 1 is 1.47 bits per heavy atom. The summed E-state index contributed by atoms with van der Waals surface area (Å²) >= 11 is 11.8. The van der Waals surface area contributed by atoms with Gasteiger partial charge in [0.2, 0.25) is 0 Å². The summed E-state index contributed by atoms with van der Waals surface area (Å²) in [5.74, 6) is 0.538. The molecule has 1 aromatic rings. The normalized spacial score (nSPS) is 23.0. The Morgan fingerprint density at radius 2 is 2.21 bits per heavy atom. The van der Waals surface area contributed by atoms with Crippen LogP contribution >= 0.6 is 23.2 Å². The third-order valence-corrected chi connectivity index (χ3v) is 4.25. The minimum Gasteiger partial charge on any atom is -0.316 e. The lowest BCUT2D eigenvalue weighted by atomic mass is 9.74. The van der Waals surface area contributed by atoms with Crippen molar-refractivity contribution in [2.45, 2.75) is 26.7 Å². The molecule has 1 aromatic heterocycles. The van der Waals surface area contributed by atoms with Gasteiger partial charge in [0, 0.05) is 12.0 Å². The summed E-state index contributed by atoms with van der Waals surface area (Å²) in [5, 5.41) is 3.86. The Balaban J connectivity index is 2.31. The Morgan fingerprint density at radius 3 is 2.74 bits per heavy atom. The number of ketones is 1. The summed E-state index contributed by atoms with van der Waals surface area (Å²) in [6.45, 7) is 5.86. The molecule has 2 heterocycles. The van der Waals surface area contributed by atoms with Crippen LogP contribution < -0.4 is 5.32 Å². The third kappa shape index (κ3) is 3.10. The fourth-order valence-electron chi connectivity index (χ4n) is 2.80. The maximum atomic E-state index is 12.8. The highest BCUT2D eigenvalue weighted by Gasteiger charge is 2.42. The molecule has 1 aliphatic heterocycles. The molecular weight excluding hydrogens is 283 g/mol. The first-order valence-corrected chi connectivity index (χ1v) is 7.28. The lowest BCUT2D eigenvalue weighted by Crippen LogP contribution is -2.35.